The predicted octanol–water partition coefficient (Wildman–Crippen LogP) is 3.55. The van der Waals surface area contributed by atoms with E-state index in [0.29, 0.717) is 18.5 Å². The number of nitrogens with zero attached hydrogens (tertiary/aromatic N) is 4. The third kappa shape index (κ3) is 4.23. The Morgan fingerprint density at radius 3 is 2.48 bits per heavy atom. The van der Waals surface area contributed by atoms with E-state index in [9.17, 15) is 13.6 Å². The smallest absolute Gasteiger partial charge is 0.218 e. The van der Waals surface area contributed by atoms with Gasteiger partial charge in [0.1, 0.15) is 12.5 Å². The minimum absolute atomic E-state index is 0.115. The molecule has 1 aromatic carbocycles. The fourth-order valence-electron chi connectivity index (χ4n) is 3.15. The van der Waals surface area contributed by atoms with Crippen molar-refractivity contribution in [2.24, 2.45) is 0 Å². The van der Waals surface area contributed by atoms with Crippen LogP contribution in [-0.2, 0) is 4.79 Å². The summed E-state index contributed by atoms with van der Waals surface area (Å²) in [5, 5.41) is 4.28. The molecule has 3 aromatic rings. The first kappa shape index (κ1) is 20.4. The number of rotatable bonds is 7. The van der Waals surface area contributed by atoms with Crippen LogP contribution in [0, 0.1) is 17.5 Å². The van der Waals surface area contributed by atoms with Gasteiger partial charge in [0.2, 0.25) is 5.91 Å². The number of benzene rings is 1. The Labute approximate surface area is 166 Å². The molecule has 0 bridgehead atoms. The zero-order chi connectivity index (χ0) is 21.0. The van der Waals surface area contributed by atoms with E-state index in [1.54, 1.807) is 28.0 Å². The van der Waals surface area contributed by atoms with E-state index >= 15 is 4.39 Å². The van der Waals surface area contributed by atoms with Crippen LogP contribution >= 0.6 is 0 Å². The van der Waals surface area contributed by atoms with Gasteiger partial charge in [0.25, 0.3) is 0 Å². The first-order valence-electron chi connectivity index (χ1n) is 9.03. The number of pyridine rings is 1. The average Bonchev–Trinajstić information content (AvgIpc) is 3.24. The number of hydrogen-bond acceptors (Lipinski definition) is 4. The Morgan fingerprint density at radius 1 is 1.17 bits per heavy atom. The van der Waals surface area contributed by atoms with E-state index in [-0.39, 0.29) is 11.1 Å². The monoisotopic (exact) mass is 403 g/mol. The quantitative estimate of drug-likeness (QED) is 0.484. The third-order valence-corrected chi connectivity index (χ3v) is 4.34. The fraction of sp³-hybridized carbons (Fsp3) is 0.250. The Morgan fingerprint density at radius 2 is 1.90 bits per heavy atom. The highest BCUT2D eigenvalue weighted by molar-refractivity contribution is 5.75. The van der Waals surface area contributed by atoms with E-state index < -0.39 is 29.5 Å². The molecule has 0 radical (unpaired) electrons. The van der Waals surface area contributed by atoms with Crippen LogP contribution in [0.4, 0.5) is 13.2 Å². The first-order chi connectivity index (χ1) is 13.9. The Bertz CT molecular complexity index is 980. The van der Waals surface area contributed by atoms with Crippen molar-refractivity contribution >= 4 is 5.91 Å². The number of carbonyl (C=O) groups excluding carboxylic acids is 1. The van der Waals surface area contributed by atoms with E-state index in [4.69, 9.17) is 0 Å². The highest BCUT2D eigenvalue weighted by Gasteiger charge is 2.31. The van der Waals surface area contributed by atoms with Gasteiger partial charge in [0.15, 0.2) is 17.5 Å². The molecule has 0 fully saturated rings. The van der Waals surface area contributed by atoms with Gasteiger partial charge in [0, 0.05) is 43.8 Å². The van der Waals surface area contributed by atoms with Crippen LogP contribution in [0.15, 0.2) is 49.3 Å². The number of amides is 1. The summed E-state index contributed by atoms with van der Waals surface area (Å²) in [6.07, 6.45) is 7.09. The van der Waals surface area contributed by atoms with Gasteiger partial charge in [-0.2, -0.15) is 0 Å². The molecule has 0 spiro atoms. The average molecular weight is 403 g/mol. The second kappa shape index (κ2) is 8.76. The summed E-state index contributed by atoms with van der Waals surface area (Å²) in [4.78, 5) is 19.8. The molecular formula is C20H20F3N5O. The highest BCUT2D eigenvalue weighted by atomic mass is 19.2. The summed E-state index contributed by atoms with van der Waals surface area (Å²) < 4.78 is 45.1. The van der Waals surface area contributed by atoms with Crippen molar-refractivity contribution < 1.29 is 18.0 Å². The molecule has 3 rings (SSSR count). The molecule has 29 heavy (non-hydrogen) atoms. The zero-order valence-corrected chi connectivity index (χ0v) is 15.9. The summed E-state index contributed by atoms with van der Waals surface area (Å²) in [6.45, 7) is 3.56. The molecule has 1 atom stereocenters. The lowest BCUT2D eigenvalue weighted by atomic mass is 9.96. The molecule has 2 heterocycles. The number of hydrogen-bond donors (Lipinski definition) is 1. The minimum atomic E-state index is -1.60. The van der Waals surface area contributed by atoms with E-state index in [1.807, 2.05) is 6.92 Å². The normalized spacial score (nSPS) is 11.9. The predicted molar refractivity (Wildman–Crippen MR) is 102 cm³/mol. The SMILES string of the molecule is CCCN(C(NC(C)=O)c1c(-c2ccncc2)cc(F)c(F)c1F)n1ccnc1. The van der Waals surface area contributed by atoms with Gasteiger partial charge in [0.05, 0.1) is 0 Å². The molecule has 9 heteroatoms. The molecule has 152 valence electrons. The highest BCUT2D eigenvalue weighted by Crippen LogP contribution is 2.34. The first-order valence-corrected chi connectivity index (χ1v) is 9.03. The Kier molecular flexibility index (Phi) is 6.16. The molecule has 1 amide bonds. The lowest BCUT2D eigenvalue weighted by molar-refractivity contribution is -0.119. The van der Waals surface area contributed by atoms with Crippen LogP contribution in [0.5, 0.6) is 0 Å². The summed E-state index contributed by atoms with van der Waals surface area (Å²) in [5.41, 5.74) is 0.362. The molecule has 1 unspecified atom stereocenters. The van der Waals surface area contributed by atoms with E-state index in [0.717, 1.165) is 6.07 Å². The van der Waals surface area contributed by atoms with Gasteiger partial charge in [-0.3, -0.25) is 19.5 Å². The number of halogens is 3. The van der Waals surface area contributed by atoms with Crippen molar-refractivity contribution in [3.05, 3.63) is 72.3 Å². The maximum Gasteiger partial charge on any atom is 0.218 e. The van der Waals surface area contributed by atoms with Crippen molar-refractivity contribution in [2.45, 2.75) is 26.4 Å². The molecule has 0 aliphatic carbocycles. The summed E-state index contributed by atoms with van der Waals surface area (Å²) in [5.74, 6) is -4.74. The van der Waals surface area contributed by atoms with Crippen molar-refractivity contribution in [3.63, 3.8) is 0 Å². The molecular weight excluding hydrogens is 383 g/mol. The Balaban J connectivity index is 2.27. The van der Waals surface area contributed by atoms with Crippen LogP contribution in [0.3, 0.4) is 0 Å². The maximum atomic E-state index is 15.1. The summed E-state index contributed by atoms with van der Waals surface area (Å²) in [6, 6.07) is 4.04. The lowest BCUT2D eigenvalue weighted by Crippen LogP contribution is -2.47. The van der Waals surface area contributed by atoms with E-state index in [2.05, 4.69) is 15.3 Å². The van der Waals surface area contributed by atoms with Gasteiger partial charge in [-0.15, -0.1) is 0 Å². The topological polar surface area (TPSA) is 63.1 Å². The fourth-order valence-corrected chi connectivity index (χ4v) is 3.15. The molecule has 0 saturated heterocycles. The lowest BCUT2D eigenvalue weighted by Gasteiger charge is -2.35. The van der Waals surface area contributed by atoms with Crippen LogP contribution < -0.4 is 10.3 Å². The molecule has 0 aliphatic heterocycles. The van der Waals surface area contributed by atoms with Crippen molar-refractivity contribution in [1.29, 1.82) is 0 Å². The number of aromatic nitrogens is 3. The standard InChI is InChI=1S/C20H20F3N5O/c1-3-9-28(27-10-8-25-12-27)20(26-13(2)29)17-15(14-4-6-24-7-5-14)11-16(21)18(22)19(17)23/h4-8,10-12,20H,3,9H2,1-2H3,(H,26,29). The summed E-state index contributed by atoms with van der Waals surface area (Å²) >= 11 is 0. The van der Waals surface area contributed by atoms with Gasteiger partial charge in [-0.1, -0.05) is 6.92 Å². The van der Waals surface area contributed by atoms with Crippen LogP contribution in [0.1, 0.15) is 32.0 Å². The van der Waals surface area contributed by atoms with Gasteiger partial charge < -0.3 is 5.32 Å². The molecule has 0 aliphatic rings. The van der Waals surface area contributed by atoms with Crippen LogP contribution in [0.25, 0.3) is 11.1 Å². The molecule has 1 N–H and O–H groups in total. The number of nitrogens with one attached hydrogen (secondary N) is 1. The van der Waals surface area contributed by atoms with Crippen LogP contribution in [-0.4, -0.2) is 27.1 Å². The van der Waals surface area contributed by atoms with Gasteiger partial charge in [-0.25, -0.2) is 18.2 Å². The summed E-state index contributed by atoms with van der Waals surface area (Å²) in [7, 11) is 0. The third-order valence-electron chi connectivity index (χ3n) is 4.34. The second-order valence-electron chi connectivity index (χ2n) is 6.39. The molecule has 0 saturated carbocycles. The van der Waals surface area contributed by atoms with E-state index in [1.165, 1.54) is 31.8 Å². The minimum Gasteiger partial charge on any atom is -0.331 e. The van der Waals surface area contributed by atoms with Gasteiger partial charge in [-0.05, 0) is 35.7 Å². The van der Waals surface area contributed by atoms with Crippen molar-refractivity contribution in [2.75, 3.05) is 11.6 Å². The molecule has 2 aromatic heterocycles. The second-order valence-corrected chi connectivity index (χ2v) is 6.39. The number of carbonyl (C=O) groups is 1. The van der Waals surface area contributed by atoms with Gasteiger partial charge >= 0.3 is 0 Å². The largest absolute Gasteiger partial charge is 0.331 e. The van der Waals surface area contributed by atoms with Crippen molar-refractivity contribution in [3.8, 4) is 11.1 Å². The molecule has 6 nitrogen and oxygen atoms in total. The maximum absolute atomic E-state index is 15.1. The van der Waals surface area contributed by atoms with Crippen molar-refractivity contribution in [1.82, 2.24) is 20.0 Å². The number of imidazole rings is 1. The zero-order valence-electron chi connectivity index (χ0n) is 15.9. The van der Waals surface area contributed by atoms with Crippen LogP contribution in [0.2, 0.25) is 0 Å². The Hall–Kier alpha value is -3.36.